The molecule has 1 aromatic heterocycles. The highest BCUT2D eigenvalue weighted by atomic mass is 79.9. The van der Waals surface area contributed by atoms with Crippen molar-refractivity contribution < 1.29 is 9.53 Å². The average Bonchev–Trinajstić information content (AvgIpc) is 3.02. The molecule has 3 aromatic rings. The Morgan fingerprint density at radius 1 is 1.29 bits per heavy atom. The normalized spacial score (nSPS) is 11.7. The van der Waals surface area contributed by atoms with E-state index in [9.17, 15) is 4.79 Å². The van der Waals surface area contributed by atoms with Crippen LogP contribution in [0, 0.1) is 0 Å². The molecule has 0 saturated carbocycles. The minimum absolute atomic E-state index is 0.276. The quantitative estimate of drug-likeness (QED) is 0.308. The summed E-state index contributed by atoms with van der Waals surface area (Å²) >= 11 is 4.99. The zero-order chi connectivity index (χ0) is 19.9. The largest absolute Gasteiger partial charge is 0.494 e. The molecule has 0 N–H and O–H groups in total. The zero-order valence-corrected chi connectivity index (χ0v) is 18.3. The third kappa shape index (κ3) is 5.00. The minimum Gasteiger partial charge on any atom is -0.494 e. The molecule has 0 aliphatic rings. The lowest BCUT2D eigenvalue weighted by Crippen LogP contribution is -2.16. The van der Waals surface area contributed by atoms with Crippen molar-refractivity contribution in [1.29, 1.82) is 0 Å². The summed E-state index contributed by atoms with van der Waals surface area (Å²) in [5.41, 5.74) is 1.56. The van der Waals surface area contributed by atoms with Crippen molar-refractivity contribution in [2.24, 2.45) is 4.99 Å². The number of unbranched alkanes of at least 4 members (excludes halogenated alkanes) is 2. The number of hydrogen-bond acceptors (Lipinski definition) is 3. The number of rotatable bonds is 8. The summed E-state index contributed by atoms with van der Waals surface area (Å²) in [4.78, 5) is 17.8. The summed E-state index contributed by atoms with van der Waals surface area (Å²) in [6.07, 6.45) is 5.11. The first-order chi connectivity index (χ1) is 13.6. The monoisotopic (exact) mass is 458 g/mol. The summed E-state index contributed by atoms with van der Waals surface area (Å²) in [5, 5.41) is 0. The van der Waals surface area contributed by atoms with Crippen molar-refractivity contribution in [3.05, 3.63) is 70.0 Å². The van der Waals surface area contributed by atoms with Crippen molar-refractivity contribution in [3.63, 3.8) is 0 Å². The molecule has 28 heavy (non-hydrogen) atoms. The summed E-state index contributed by atoms with van der Waals surface area (Å²) in [6, 6.07) is 13.3. The van der Waals surface area contributed by atoms with Crippen LogP contribution >= 0.6 is 27.3 Å². The van der Waals surface area contributed by atoms with E-state index in [0.29, 0.717) is 29.3 Å². The van der Waals surface area contributed by atoms with Gasteiger partial charge in [-0.05, 0) is 42.8 Å². The number of halogens is 1. The molecule has 0 aliphatic carbocycles. The number of carbonyl (C=O) groups is 1. The standard InChI is InChI=1S/C22H23BrN2O2S/c1-3-5-6-13-27-18-9-7-8-16(14-18)21(26)24-22-25(12-4-2)19-11-10-17(23)15-20(19)28-22/h4,7-11,14-15H,2-3,5-6,12-13H2,1H3. The Morgan fingerprint density at radius 3 is 2.93 bits per heavy atom. The molecule has 0 atom stereocenters. The number of carbonyl (C=O) groups excluding carboxylic acids is 1. The van der Waals surface area contributed by atoms with Gasteiger partial charge in [0.05, 0.1) is 16.8 Å². The van der Waals surface area contributed by atoms with E-state index in [4.69, 9.17) is 4.74 Å². The van der Waals surface area contributed by atoms with Crippen molar-refractivity contribution in [2.45, 2.75) is 32.7 Å². The summed E-state index contributed by atoms with van der Waals surface area (Å²) < 4.78 is 9.82. The Hall–Kier alpha value is -2.18. The van der Waals surface area contributed by atoms with Crippen LogP contribution in [0.15, 0.2) is 64.6 Å². The maximum absolute atomic E-state index is 12.8. The highest BCUT2D eigenvalue weighted by Gasteiger charge is 2.10. The fourth-order valence-electron chi connectivity index (χ4n) is 2.85. The molecule has 1 amide bonds. The lowest BCUT2D eigenvalue weighted by Gasteiger charge is -2.06. The van der Waals surface area contributed by atoms with Gasteiger partial charge >= 0.3 is 0 Å². The minimum atomic E-state index is -0.276. The summed E-state index contributed by atoms with van der Waals surface area (Å²) in [5.74, 6) is 0.429. The van der Waals surface area contributed by atoms with Crippen LogP contribution in [-0.4, -0.2) is 17.1 Å². The van der Waals surface area contributed by atoms with E-state index in [2.05, 4.69) is 34.4 Å². The van der Waals surface area contributed by atoms with Crippen molar-refractivity contribution in [2.75, 3.05) is 6.61 Å². The molecule has 146 valence electrons. The van der Waals surface area contributed by atoms with E-state index < -0.39 is 0 Å². The molecule has 0 bridgehead atoms. The van der Waals surface area contributed by atoms with Gasteiger partial charge in [0, 0.05) is 16.6 Å². The van der Waals surface area contributed by atoms with Crippen LogP contribution in [0.5, 0.6) is 5.75 Å². The Labute approximate surface area is 177 Å². The number of fused-ring (bicyclic) bond motifs is 1. The van der Waals surface area contributed by atoms with Gasteiger partial charge in [0.2, 0.25) is 0 Å². The van der Waals surface area contributed by atoms with Gasteiger partial charge in [-0.25, -0.2) is 0 Å². The number of benzene rings is 2. The zero-order valence-electron chi connectivity index (χ0n) is 15.9. The van der Waals surface area contributed by atoms with Crippen LogP contribution < -0.4 is 9.54 Å². The van der Waals surface area contributed by atoms with Crippen LogP contribution in [0.2, 0.25) is 0 Å². The third-order valence-corrected chi connectivity index (χ3v) is 5.79. The average molecular weight is 459 g/mol. The molecular formula is C22H23BrN2O2S. The van der Waals surface area contributed by atoms with E-state index in [1.165, 1.54) is 11.3 Å². The van der Waals surface area contributed by atoms with E-state index in [0.717, 1.165) is 34.0 Å². The van der Waals surface area contributed by atoms with Gasteiger partial charge in [-0.15, -0.1) is 6.58 Å². The molecule has 0 unspecified atom stereocenters. The first-order valence-electron chi connectivity index (χ1n) is 9.34. The lowest BCUT2D eigenvalue weighted by atomic mass is 10.2. The van der Waals surface area contributed by atoms with Crippen LogP contribution in [0.25, 0.3) is 10.2 Å². The Morgan fingerprint density at radius 2 is 2.14 bits per heavy atom. The second-order valence-electron chi connectivity index (χ2n) is 6.40. The number of aromatic nitrogens is 1. The number of amides is 1. The molecule has 0 saturated heterocycles. The maximum Gasteiger partial charge on any atom is 0.279 e. The summed E-state index contributed by atoms with van der Waals surface area (Å²) in [7, 11) is 0. The maximum atomic E-state index is 12.8. The Bertz CT molecular complexity index is 1050. The number of hydrogen-bond donors (Lipinski definition) is 0. The first kappa shape index (κ1) is 20.6. The number of nitrogens with zero attached hydrogens (tertiary/aromatic N) is 2. The second kappa shape index (κ2) is 9.85. The molecule has 3 rings (SSSR count). The molecule has 6 heteroatoms. The van der Waals surface area contributed by atoms with E-state index in [1.54, 1.807) is 12.1 Å². The van der Waals surface area contributed by atoms with E-state index in [1.807, 2.05) is 41.0 Å². The van der Waals surface area contributed by atoms with Gasteiger partial charge in [0.15, 0.2) is 4.80 Å². The highest BCUT2D eigenvalue weighted by molar-refractivity contribution is 9.10. The third-order valence-electron chi connectivity index (χ3n) is 4.25. The van der Waals surface area contributed by atoms with Crippen molar-refractivity contribution in [3.8, 4) is 5.75 Å². The van der Waals surface area contributed by atoms with Gasteiger partial charge in [-0.3, -0.25) is 4.79 Å². The Kier molecular flexibility index (Phi) is 7.23. The highest BCUT2D eigenvalue weighted by Crippen LogP contribution is 2.22. The van der Waals surface area contributed by atoms with E-state index in [-0.39, 0.29) is 5.91 Å². The molecule has 0 radical (unpaired) electrons. The predicted molar refractivity (Wildman–Crippen MR) is 119 cm³/mol. The van der Waals surface area contributed by atoms with Gasteiger partial charge in [0.1, 0.15) is 5.75 Å². The molecule has 1 heterocycles. The SMILES string of the molecule is C=CCn1c(=NC(=O)c2cccc(OCCCCC)c2)sc2cc(Br)ccc21. The van der Waals surface area contributed by atoms with E-state index >= 15 is 0 Å². The van der Waals surface area contributed by atoms with Crippen LogP contribution in [-0.2, 0) is 6.54 Å². The second-order valence-corrected chi connectivity index (χ2v) is 8.32. The van der Waals surface area contributed by atoms with Crippen molar-refractivity contribution >= 4 is 43.4 Å². The molecule has 0 aliphatic heterocycles. The number of allylic oxidation sites excluding steroid dienone is 1. The molecular weight excluding hydrogens is 436 g/mol. The number of thiazole rings is 1. The predicted octanol–water partition coefficient (Wildman–Crippen LogP) is 5.96. The molecule has 0 spiro atoms. The lowest BCUT2D eigenvalue weighted by molar-refractivity contribution is 0.0997. The first-order valence-corrected chi connectivity index (χ1v) is 10.9. The molecule has 0 fully saturated rings. The smallest absolute Gasteiger partial charge is 0.279 e. The molecule has 2 aromatic carbocycles. The van der Waals surface area contributed by atoms with Gasteiger partial charge in [-0.2, -0.15) is 4.99 Å². The molecule has 4 nitrogen and oxygen atoms in total. The van der Waals surface area contributed by atoms with Gasteiger partial charge in [0.25, 0.3) is 5.91 Å². The van der Waals surface area contributed by atoms with Crippen LogP contribution in [0.4, 0.5) is 0 Å². The Balaban J connectivity index is 1.90. The fourth-order valence-corrected chi connectivity index (χ4v) is 4.44. The van der Waals surface area contributed by atoms with Crippen LogP contribution in [0.1, 0.15) is 36.5 Å². The topological polar surface area (TPSA) is 43.6 Å². The summed E-state index contributed by atoms with van der Waals surface area (Å²) in [6.45, 7) is 7.23. The fraction of sp³-hybridized carbons (Fsp3) is 0.273. The van der Waals surface area contributed by atoms with Crippen molar-refractivity contribution in [1.82, 2.24) is 4.57 Å². The van der Waals surface area contributed by atoms with Gasteiger partial charge < -0.3 is 9.30 Å². The number of ether oxygens (including phenoxy) is 1. The van der Waals surface area contributed by atoms with Gasteiger partial charge in [-0.1, -0.05) is 59.2 Å². The van der Waals surface area contributed by atoms with Crippen LogP contribution in [0.3, 0.4) is 0 Å².